The third-order valence-electron chi connectivity index (χ3n) is 8.21. The van der Waals surface area contributed by atoms with Crippen molar-refractivity contribution in [3.05, 3.63) is 114 Å². The van der Waals surface area contributed by atoms with Crippen LogP contribution in [0.3, 0.4) is 0 Å². The van der Waals surface area contributed by atoms with Crippen molar-refractivity contribution in [3.63, 3.8) is 0 Å². The molecule has 3 aromatic carbocycles. The quantitative estimate of drug-likeness (QED) is 0.162. The molecule has 9 nitrogen and oxygen atoms in total. The summed E-state index contributed by atoms with van der Waals surface area (Å²) in [5, 5.41) is 12.1. The van der Waals surface area contributed by atoms with E-state index in [2.05, 4.69) is 27.3 Å². The first-order valence-corrected chi connectivity index (χ1v) is 15.9. The van der Waals surface area contributed by atoms with Gasteiger partial charge in [-0.15, -0.1) is 0 Å². The van der Waals surface area contributed by atoms with E-state index in [1.165, 1.54) is 0 Å². The molecule has 4 aromatic rings. The minimum Gasteiger partial charge on any atom is -0.468 e. The van der Waals surface area contributed by atoms with Crippen molar-refractivity contribution in [1.82, 2.24) is 21.3 Å². The predicted octanol–water partition coefficient (Wildman–Crippen LogP) is 5.69. The van der Waals surface area contributed by atoms with E-state index in [-0.39, 0.29) is 24.3 Å². The number of furan rings is 1. The van der Waals surface area contributed by atoms with Gasteiger partial charge < -0.3 is 30.6 Å². The molecule has 0 unspecified atom stereocenters. The highest BCUT2D eigenvalue weighted by Crippen LogP contribution is 2.30. The van der Waals surface area contributed by atoms with E-state index in [0.717, 1.165) is 39.3 Å². The lowest BCUT2D eigenvalue weighted by molar-refractivity contribution is -0.128. The van der Waals surface area contributed by atoms with Gasteiger partial charge in [-0.2, -0.15) is 0 Å². The highest BCUT2D eigenvalue weighted by Gasteiger charge is 2.32. The third-order valence-corrected chi connectivity index (χ3v) is 8.21. The van der Waals surface area contributed by atoms with Crippen LogP contribution in [0, 0.1) is 0 Å². The second kappa shape index (κ2) is 14.9. The van der Waals surface area contributed by atoms with E-state index in [1.807, 2.05) is 99.6 Å². The fraction of sp³-hybridized carbons (Fsp3) is 0.324. The molecular formula is C37H43N5O4. The summed E-state index contributed by atoms with van der Waals surface area (Å²) < 4.78 is 5.40. The Balaban J connectivity index is 1.28. The number of anilines is 1. The van der Waals surface area contributed by atoms with E-state index in [9.17, 15) is 14.4 Å². The van der Waals surface area contributed by atoms with Crippen molar-refractivity contribution in [2.24, 2.45) is 0 Å². The van der Waals surface area contributed by atoms with Crippen LogP contribution < -0.4 is 26.2 Å². The zero-order valence-corrected chi connectivity index (χ0v) is 26.8. The molecule has 1 atom stereocenters. The molecule has 46 heavy (non-hydrogen) atoms. The fourth-order valence-electron chi connectivity index (χ4n) is 5.79. The Bertz CT molecular complexity index is 1630. The molecule has 2 heterocycles. The number of hydrogen-bond acceptors (Lipinski definition) is 5. The molecule has 0 spiro atoms. The van der Waals surface area contributed by atoms with Crippen LogP contribution >= 0.6 is 0 Å². The molecule has 240 valence electrons. The van der Waals surface area contributed by atoms with Gasteiger partial charge in [0.05, 0.1) is 19.4 Å². The van der Waals surface area contributed by atoms with Gasteiger partial charge in [0, 0.05) is 30.7 Å². The number of urea groups is 1. The van der Waals surface area contributed by atoms with Crippen molar-refractivity contribution in [2.75, 3.05) is 11.4 Å². The largest absolute Gasteiger partial charge is 0.468 e. The maximum Gasteiger partial charge on any atom is 0.315 e. The summed E-state index contributed by atoms with van der Waals surface area (Å²) in [7, 11) is 0. The maximum atomic E-state index is 14.0. The molecule has 9 heteroatoms. The topological polar surface area (TPSA) is 116 Å². The monoisotopic (exact) mass is 621 g/mol. The predicted molar refractivity (Wildman–Crippen MR) is 180 cm³/mol. The van der Waals surface area contributed by atoms with Crippen LogP contribution in [-0.4, -0.2) is 36.0 Å². The van der Waals surface area contributed by atoms with Gasteiger partial charge in [0.15, 0.2) is 0 Å². The molecule has 1 aromatic heterocycles. The number of fused-ring (bicyclic) bond motifs is 1. The Kier molecular flexibility index (Phi) is 10.5. The number of aryl methyl sites for hydroxylation is 1. The number of rotatable bonds is 12. The Morgan fingerprint density at radius 1 is 0.913 bits per heavy atom. The molecule has 1 aliphatic heterocycles. The second-order valence-corrected chi connectivity index (χ2v) is 12.3. The number of nitrogens with one attached hydrogen (secondary N) is 4. The van der Waals surface area contributed by atoms with Gasteiger partial charge in [0.25, 0.3) is 0 Å². The summed E-state index contributed by atoms with van der Waals surface area (Å²) in [6.07, 6.45) is 3.05. The summed E-state index contributed by atoms with van der Waals surface area (Å²) in [5.74, 6) is 0.503. The lowest BCUT2D eigenvalue weighted by Gasteiger charge is -2.29. The van der Waals surface area contributed by atoms with Gasteiger partial charge in [-0.1, -0.05) is 66.7 Å². The third kappa shape index (κ3) is 8.43. The Labute approximate surface area is 270 Å². The number of carbonyl (C=O) groups excluding carboxylic acids is 3. The van der Waals surface area contributed by atoms with Crippen LogP contribution in [0.25, 0.3) is 11.1 Å². The van der Waals surface area contributed by atoms with Crippen molar-refractivity contribution in [1.29, 1.82) is 0 Å². The highest BCUT2D eigenvalue weighted by atomic mass is 16.3. The minimum absolute atomic E-state index is 0.120. The Hall–Kier alpha value is -4.89. The van der Waals surface area contributed by atoms with Crippen LogP contribution in [0.5, 0.6) is 0 Å². The molecule has 0 saturated carbocycles. The maximum absolute atomic E-state index is 14.0. The van der Waals surface area contributed by atoms with Crippen molar-refractivity contribution < 1.29 is 18.8 Å². The van der Waals surface area contributed by atoms with Gasteiger partial charge >= 0.3 is 6.03 Å². The highest BCUT2D eigenvalue weighted by molar-refractivity contribution is 6.00. The molecule has 4 N–H and O–H groups in total. The number of benzene rings is 3. The Morgan fingerprint density at radius 2 is 1.67 bits per heavy atom. The number of nitrogens with zero attached hydrogens (tertiary/aromatic N) is 1. The first-order chi connectivity index (χ1) is 22.2. The normalized spacial score (nSPS) is 14.7. The van der Waals surface area contributed by atoms with Crippen molar-refractivity contribution in [2.45, 2.75) is 71.2 Å². The zero-order chi connectivity index (χ0) is 32.5. The summed E-state index contributed by atoms with van der Waals surface area (Å²) in [6, 6.07) is 27.0. The fourth-order valence-corrected chi connectivity index (χ4v) is 5.79. The van der Waals surface area contributed by atoms with Gasteiger partial charge in [-0.05, 0) is 79.6 Å². The van der Waals surface area contributed by atoms with Crippen molar-refractivity contribution in [3.8, 4) is 11.1 Å². The molecule has 1 aliphatic rings. The smallest absolute Gasteiger partial charge is 0.315 e. The number of para-hydroxylation sites is 1. The average Bonchev–Trinajstić information content (AvgIpc) is 3.54. The van der Waals surface area contributed by atoms with Crippen molar-refractivity contribution >= 4 is 23.5 Å². The molecule has 0 saturated heterocycles. The number of carbonyl (C=O) groups is 3. The first kappa shape index (κ1) is 32.5. The van der Waals surface area contributed by atoms with Crippen LogP contribution in [0.15, 0.2) is 95.6 Å². The molecule has 0 aliphatic carbocycles. The second-order valence-electron chi connectivity index (χ2n) is 12.3. The van der Waals surface area contributed by atoms with Crippen LogP contribution in [-0.2, 0) is 35.6 Å². The number of hydrogen-bond donors (Lipinski definition) is 4. The standard InChI is InChI=1S/C37H43N5O4/c1-4-38-36(45)39-23-29-11-5-7-13-31(29)27-17-15-26(16-18-27)25-42-33-14-8-6-10-28(33)19-20-32(35(42)44)41-34(43)22-37(2,3)40-24-30-12-9-21-46-30/h5-18,21,32,40H,4,19-20,22-25H2,1-3H3,(H,41,43)(H2,38,39,45)/t32-/m1/s1. The first-order valence-electron chi connectivity index (χ1n) is 15.9. The summed E-state index contributed by atoms with van der Waals surface area (Å²) in [4.78, 5) is 41.0. The van der Waals surface area contributed by atoms with E-state index in [0.29, 0.717) is 39.0 Å². The van der Waals surface area contributed by atoms with E-state index < -0.39 is 11.6 Å². The zero-order valence-electron chi connectivity index (χ0n) is 26.8. The lowest BCUT2D eigenvalue weighted by atomic mass is 9.98. The minimum atomic E-state index is -0.635. The average molecular weight is 622 g/mol. The van der Waals surface area contributed by atoms with Crippen LogP contribution in [0.4, 0.5) is 10.5 Å². The van der Waals surface area contributed by atoms with E-state index >= 15 is 0 Å². The van der Waals surface area contributed by atoms with Gasteiger partial charge in [0.1, 0.15) is 11.8 Å². The summed E-state index contributed by atoms with van der Waals surface area (Å²) in [5.41, 5.74) is 5.50. The Morgan fingerprint density at radius 3 is 2.43 bits per heavy atom. The molecule has 0 bridgehead atoms. The van der Waals surface area contributed by atoms with Gasteiger partial charge in [0.2, 0.25) is 11.8 Å². The lowest BCUT2D eigenvalue weighted by Crippen LogP contribution is -2.50. The van der Waals surface area contributed by atoms with Crippen LogP contribution in [0.1, 0.15) is 56.1 Å². The van der Waals surface area contributed by atoms with Gasteiger partial charge in [-0.25, -0.2) is 4.79 Å². The van der Waals surface area contributed by atoms with Crippen LogP contribution in [0.2, 0.25) is 0 Å². The van der Waals surface area contributed by atoms with E-state index in [4.69, 9.17) is 4.42 Å². The number of amides is 4. The molecular weight excluding hydrogens is 578 g/mol. The van der Waals surface area contributed by atoms with E-state index in [1.54, 1.807) is 11.2 Å². The van der Waals surface area contributed by atoms with Gasteiger partial charge in [-0.3, -0.25) is 9.59 Å². The molecule has 4 amide bonds. The molecule has 0 fully saturated rings. The summed E-state index contributed by atoms with van der Waals surface area (Å²) >= 11 is 0. The molecule has 0 radical (unpaired) electrons. The molecule has 5 rings (SSSR count). The SMILES string of the molecule is CCNC(=O)NCc1ccccc1-c1ccc(CN2C(=O)[C@H](NC(=O)CC(C)(C)NCc3ccco3)CCc3ccccc32)cc1. The summed E-state index contributed by atoms with van der Waals surface area (Å²) in [6.45, 7) is 7.67.